The molecule has 1 fully saturated rings. The molecule has 0 radical (unpaired) electrons. The lowest BCUT2D eigenvalue weighted by Crippen LogP contribution is -2.43. The maximum Gasteiger partial charge on any atom is 0.318 e. The molecule has 1 aliphatic rings. The van der Waals surface area contributed by atoms with E-state index in [9.17, 15) is 4.79 Å². The zero-order valence-electron chi connectivity index (χ0n) is 13.7. The highest BCUT2D eigenvalue weighted by atomic mass is 16.3. The second-order valence-electron chi connectivity index (χ2n) is 6.37. The predicted molar refractivity (Wildman–Crippen MR) is 89.9 cm³/mol. The van der Waals surface area contributed by atoms with Gasteiger partial charge in [0.2, 0.25) is 0 Å². The third-order valence-electron chi connectivity index (χ3n) is 4.47. The Morgan fingerprint density at radius 2 is 1.96 bits per heavy atom. The minimum absolute atomic E-state index is 0.0304. The Bertz CT molecular complexity index is 620. The Kier molecular flexibility index (Phi) is 4.70. The molecule has 4 heteroatoms. The monoisotopic (exact) mass is 312 g/mol. The lowest BCUT2D eigenvalue weighted by Gasteiger charge is -2.31. The molecule has 1 aromatic carbocycles. The quantitative estimate of drug-likeness (QED) is 0.852. The molecule has 3 rings (SSSR count). The van der Waals surface area contributed by atoms with Crippen LogP contribution in [0.1, 0.15) is 50.1 Å². The molecule has 1 heterocycles. The van der Waals surface area contributed by atoms with E-state index < -0.39 is 0 Å². The summed E-state index contributed by atoms with van der Waals surface area (Å²) in [5.74, 6) is 1.42. The molecule has 2 atom stereocenters. The molecule has 2 amide bonds. The summed E-state index contributed by atoms with van der Waals surface area (Å²) in [6.45, 7) is 4.85. The Hall–Kier alpha value is -2.23. The second kappa shape index (κ2) is 6.90. The normalized spacial score (nSPS) is 16.6. The topological polar surface area (TPSA) is 45.5 Å². The van der Waals surface area contributed by atoms with Gasteiger partial charge in [-0.1, -0.05) is 30.3 Å². The van der Waals surface area contributed by atoms with Crippen LogP contribution >= 0.6 is 0 Å². The van der Waals surface area contributed by atoms with Crippen LogP contribution in [0, 0.1) is 5.92 Å². The predicted octanol–water partition coefficient (Wildman–Crippen LogP) is 4.52. The molecule has 0 bridgehead atoms. The van der Waals surface area contributed by atoms with Crippen molar-refractivity contribution in [1.82, 2.24) is 10.2 Å². The number of rotatable bonds is 6. The number of nitrogens with one attached hydrogen (secondary N) is 1. The smallest absolute Gasteiger partial charge is 0.318 e. The number of hydrogen-bond acceptors (Lipinski definition) is 2. The molecule has 1 aromatic heterocycles. The SMILES string of the molecule is CC(NC(=O)N(CC1CC1)C(C)c1ccccc1)c1ccco1. The van der Waals surface area contributed by atoms with Crippen LogP contribution < -0.4 is 5.32 Å². The third-order valence-corrected chi connectivity index (χ3v) is 4.47. The van der Waals surface area contributed by atoms with Gasteiger partial charge in [-0.2, -0.15) is 0 Å². The zero-order chi connectivity index (χ0) is 16.2. The summed E-state index contributed by atoms with van der Waals surface area (Å²) in [7, 11) is 0. The van der Waals surface area contributed by atoms with E-state index in [2.05, 4.69) is 24.4 Å². The van der Waals surface area contributed by atoms with E-state index in [1.165, 1.54) is 12.8 Å². The van der Waals surface area contributed by atoms with E-state index in [-0.39, 0.29) is 18.1 Å². The highest BCUT2D eigenvalue weighted by molar-refractivity contribution is 5.75. The van der Waals surface area contributed by atoms with Crippen LogP contribution in [0.15, 0.2) is 53.1 Å². The van der Waals surface area contributed by atoms with Crippen molar-refractivity contribution in [3.8, 4) is 0 Å². The van der Waals surface area contributed by atoms with Gasteiger partial charge in [-0.25, -0.2) is 4.79 Å². The Balaban J connectivity index is 1.71. The average Bonchev–Trinajstić information content (AvgIpc) is 3.22. The van der Waals surface area contributed by atoms with Crippen LogP contribution in [0.5, 0.6) is 0 Å². The van der Waals surface area contributed by atoms with Crippen molar-refractivity contribution in [3.63, 3.8) is 0 Å². The number of furan rings is 1. The molecule has 23 heavy (non-hydrogen) atoms. The van der Waals surface area contributed by atoms with Crippen molar-refractivity contribution in [2.24, 2.45) is 5.92 Å². The van der Waals surface area contributed by atoms with Crippen molar-refractivity contribution in [3.05, 3.63) is 60.1 Å². The molecule has 0 spiro atoms. The molecule has 0 aliphatic heterocycles. The first-order valence-corrected chi connectivity index (χ1v) is 8.30. The molecular formula is C19H24N2O2. The van der Waals surface area contributed by atoms with Gasteiger partial charge in [0, 0.05) is 6.54 Å². The molecular weight excluding hydrogens is 288 g/mol. The Morgan fingerprint density at radius 1 is 1.22 bits per heavy atom. The van der Waals surface area contributed by atoms with E-state index in [4.69, 9.17) is 4.42 Å². The molecule has 122 valence electrons. The Morgan fingerprint density at radius 3 is 2.57 bits per heavy atom. The molecule has 1 saturated carbocycles. The number of benzene rings is 1. The van der Waals surface area contributed by atoms with Gasteiger partial charge in [0.25, 0.3) is 0 Å². The van der Waals surface area contributed by atoms with E-state index in [0.717, 1.165) is 17.9 Å². The van der Waals surface area contributed by atoms with Crippen LogP contribution in [0.2, 0.25) is 0 Å². The van der Waals surface area contributed by atoms with E-state index in [1.54, 1.807) is 6.26 Å². The number of hydrogen-bond donors (Lipinski definition) is 1. The third kappa shape index (κ3) is 3.95. The zero-order valence-corrected chi connectivity index (χ0v) is 13.7. The van der Waals surface area contributed by atoms with Gasteiger partial charge in [-0.05, 0) is 50.3 Å². The van der Waals surface area contributed by atoms with Crippen LogP contribution in [-0.4, -0.2) is 17.5 Å². The minimum Gasteiger partial charge on any atom is -0.467 e. The van der Waals surface area contributed by atoms with E-state index in [1.807, 2.05) is 42.2 Å². The molecule has 1 aliphatic carbocycles. The Labute approximate surface area is 137 Å². The number of amides is 2. The van der Waals surface area contributed by atoms with E-state index in [0.29, 0.717) is 5.92 Å². The number of nitrogens with zero attached hydrogens (tertiary/aromatic N) is 1. The lowest BCUT2D eigenvalue weighted by atomic mass is 10.1. The molecule has 1 N–H and O–H groups in total. The number of carbonyl (C=O) groups is 1. The van der Waals surface area contributed by atoms with Crippen LogP contribution in [0.25, 0.3) is 0 Å². The molecule has 2 aromatic rings. The maximum atomic E-state index is 12.8. The summed E-state index contributed by atoms with van der Waals surface area (Å²) in [6.07, 6.45) is 4.07. The standard InChI is InChI=1S/C19H24N2O2/c1-14(18-9-6-12-23-18)20-19(22)21(13-16-10-11-16)15(2)17-7-4-3-5-8-17/h3-9,12,14-16H,10-11,13H2,1-2H3,(H,20,22). The second-order valence-corrected chi connectivity index (χ2v) is 6.37. The molecule has 4 nitrogen and oxygen atoms in total. The van der Waals surface area contributed by atoms with Crippen molar-refractivity contribution in [1.29, 1.82) is 0 Å². The summed E-state index contributed by atoms with van der Waals surface area (Å²) >= 11 is 0. The highest BCUT2D eigenvalue weighted by Crippen LogP contribution is 2.33. The van der Waals surface area contributed by atoms with Crippen LogP contribution in [-0.2, 0) is 0 Å². The van der Waals surface area contributed by atoms with E-state index >= 15 is 0 Å². The summed E-state index contributed by atoms with van der Waals surface area (Å²) < 4.78 is 5.38. The van der Waals surface area contributed by atoms with Crippen molar-refractivity contribution in [2.75, 3.05) is 6.54 Å². The number of urea groups is 1. The van der Waals surface area contributed by atoms with Gasteiger partial charge in [0.15, 0.2) is 0 Å². The summed E-state index contributed by atoms with van der Waals surface area (Å²) in [6, 6.07) is 13.8. The van der Waals surface area contributed by atoms with Crippen molar-refractivity contribution < 1.29 is 9.21 Å². The van der Waals surface area contributed by atoms with Crippen LogP contribution in [0.3, 0.4) is 0 Å². The van der Waals surface area contributed by atoms with Crippen molar-refractivity contribution >= 4 is 6.03 Å². The average molecular weight is 312 g/mol. The summed E-state index contributed by atoms with van der Waals surface area (Å²) in [5, 5.41) is 3.06. The van der Waals surface area contributed by atoms with Gasteiger partial charge in [0.1, 0.15) is 5.76 Å². The van der Waals surface area contributed by atoms with Gasteiger partial charge >= 0.3 is 6.03 Å². The minimum atomic E-state index is -0.137. The van der Waals surface area contributed by atoms with Gasteiger partial charge in [-0.3, -0.25) is 0 Å². The fourth-order valence-electron chi connectivity index (χ4n) is 2.78. The first-order valence-electron chi connectivity index (χ1n) is 8.30. The van der Waals surface area contributed by atoms with Crippen molar-refractivity contribution in [2.45, 2.75) is 38.8 Å². The first kappa shape index (κ1) is 15.7. The molecule has 0 saturated heterocycles. The van der Waals surface area contributed by atoms with Gasteiger partial charge < -0.3 is 14.6 Å². The first-order chi connectivity index (χ1) is 11.1. The fraction of sp³-hybridized carbons (Fsp3) is 0.421. The lowest BCUT2D eigenvalue weighted by molar-refractivity contribution is 0.171. The highest BCUT2D eigenvalue weighted by Gasteiger charge is 2.30. The van der Waals surface area contributed by atoms with Gasteiger partial charge in [-0.15, -0.1) is 0 Å². The summed E-state index contributed by atoms with van der Waals surface area (Å²) in [4.78, 5) is 14.8. The van der Waals surface area contributed by atoms with Gasteiger partial charge in [0.05, 0.1) is 18.3 Å². The fourth-order valence-corrected chi connectivity index (χ4v) is 2.78. The number of carbonyl (C=O) groups excluding carboxylic acids is 1. The largest absolute Gasteiger partial charge is 0.467 e. The summed E-state index contributed by atoms with van der Waals surface area (Å²) in [5.41, 5.74) is 1.16. The molecule has 2 unspecified atom stereocenters. The maximum absolute atomic E-state index is 12.8. The van der Waals surface area contributed by atoms with Crippen LogP contribution in [0.4, 0.5) is 4.79 Å².